The van der Waals surface area contributed by atoms with Crippen molar-refractivity contribution in [2.45, 2.75) is 47.3 Å². The number of hydrogen-bond donors (Lipinski definition) is 0. The van der Waals surface area contributed by atoms with Crippen LogP contribution in [0.4, 0.5) is 0 Å². The Bertz CT molecular complexity index is 732. The van der Waals surface area contributed by atoms with Gasteiger partial charge in [-0.1, -0.05) is 0 Å². The lowest BCUT2D eigenvalue weighted by Crippen LogP contribution is -2.13. The van der Waals surface area contributed by atoms with Crippen molar-refractivity contribution in [1.82, 2.24) is 0 Å². The highest BCUT2D eigenvalue weighted by molar-refractivity contribution is 7.12. The predicted octanol–water partition coefficient (Wildman–Crippen LogP) is 4.73. The molecular weight excluding hydrogens is 420 g/mol. The van der Waals surface area contributed by atoms with Crippen LogP contribution in [0.3, 0.4) is 0 Å². The van der Waals surface area contributed by atoms with Crippen molar-refractivity contribution in [3.8, 4) is 0 Å². The van der Waals surface area contributed by atoms with Crippen LogP contribution in [0.15, 0.2) is 0 Å². The van der Waals surface area contributed by atoms with Crippen LogP contribution in [0.25, 0.3) is 0 Å². The van der Waals surface area contributed by atoms with Crippen molar-refractivity contribution in [1.29, 1.82) is 0 Å². The van der Waals surface area contributed by atoms with E-state index in [2.05, 4.69) is 27.7 Å². The van der Waals surface area contributed by atoms with E-state index in [1.54, 1.807) is 0 Å². The van der Waals surface area contributed by atoms with E-state index in [1.807, 2.05) is 22.7 Å². The lowest BCUT2D eigenvalue weighted by molar-refractivity contribution is -0.0139. The Kier molecular flexibility index (Phi) is 9.77. The van der Waals surface area contributed by atoms with Crippen molar-refractivity contribution >= 4 is 22.7 Å². The van der Waals surface area contributed by atoms with Crippen LogP contribution in [-0.4, -0.2) is 52.9 Å². The summed E-state index contributed by atoms with van der Waals surface area (Å²) in [7, 11) is 0. The van der Waals surface area contributed by atoms with Gasteiger partial charge in [0.15, 0.2) is 0 Å². The van der Waals surface area contributed by atoms with Gasteiger partial charge in [0.1, 0.15) is 0 Å². The molecule has 0 amide bonds. The van der Waals surface area contributed by atoms with Crippen LogP contribution >= 0.6 is 22.7 Å². The highest BCUT2D eigenvalue weighted by Gasteiger charge is 2.19. The molecule has 30 heavy (non-hydrogen) atoms. The van der Waals surface area contributed by atoms with Crippen LogP contribution < -0.4 is 0 Å². The number of aryl methyl sites for hydroxylation is 4. The number of rotatable bonds is 0. The lowest BCUT2D eigenvalue weighted by atomic mass is 9.97. The first kappa shape index (κ1) is 23.9. The highest BCUT2D eigenvalue weighted by Crippen LogP contribution is 2.35. The van der Waals surface area contributed by atoms with Crippen molar-refractivity contribution in [3.63, 3.8) is 0 Å². The molecule has 0 bridgehead atoms. The summed E-state index contributed by atoms with van der Waals surface area (Å²) in [5.74, 6) is 0. The van der Waals surface area contributed by atoms with Gasteiger partial charge in [-0.05, 0) is 49.9 Å². The summed E-state index contributed by atoms with van der Waals surface area (Å²) in [6.07, 6.45) is 0.939. The van der Waals surface area contributed by atoms with E-state index in [1.165, 1.54) is 41.8 Å². The fourth-order valence-electron chi connectivity index (χ4n) is 3.70. The van der Waals surface area contributed by atoms with Crippen LogP contribution in [-0.2, 0) is 43.3 Å². The average Bonchev–Trinajstić information content (AvgIpc) is 3.13. The summed E-state index contributed by atoms with van der Waals surface area (Å²) in [6.45, 7) is 14.8. The molecule has 0 aromatic carbocycles. The molecule has 2 aromatic heterocycles. The van der Waals surface area contributed by atoms with Crippen LogP contribution in [0.5, 0.6) is 0 Å². The smallest absolute Gasteiger partial charge is 0.0731 e. The molecule has 1 aliphatic heterocycles. The fraction of sp³-hybridized carbons (Fsp3) is 0.652. The van der Waals surface area contributed by atoms with Gasteiger partial charge >= 0.3 is 0 Å². The number of ether oxygens (including phenoxy) is 5. The summed E-state index contributed by atoms with van der Waals surface area (Å²) < 4.78 is 28.6. The van der Waals surface area contributed by atoms with Crippen LogP contribution in [0.2, 0.25) is 0 Å². The van der Waals surface area contributed by atoms with Gasteiger partial charge in [-0.15, -0.1) is 22.7 Å². The van der Waals surface area contributed by atoms with Crippen molar-refractivity contribution < 1.29 is 23.7 Å². The molecule has 1 aliphatic rings. The third-order valence-corrected chi connectivity index (χ3v) is 7.59. The van der Waals surface area contributed by atoms with Gasteiger partial charge in [-0.3, -0.25) is 0 Å². The zero-order valence-electron chi connectivity index (χ0n) is 18.6. The monoisotopic (exact) mass is 454 g/mol. The normalized spacial score (nSPS) is 18.5. The molecule has 0 atom stereocenters. The Morgan fingerprint density at radius 2 is 0.733 bits per heavy atom. The topological polar surface area (TPSA) is 46.2 Å². The second kappa shape index (κ2) is 12.3. The second-order valence-electron chi connectivity index (χ2n) is 7.46. The van der Waals surface area contributed by atoms with E-state index in [9.17, 15) is 0 Å². The SMILES string of the molecule is Cc1sc(C)c2c1COCCOCCOCCOCCOCc1c(C)sc(C)c1C2. The van der Waals surface area contributed by atoms with Crippen molar-refractivity contribution in [3.05, 3.63) is 41.8 Å². The summed E-state index contributed by atoms with van der Waals surface area (Å²) in [6, 6.07) is 0. The second-order valence-corrected chi connectivity index (χ2v) is 10.3. The number of thiophene rings is 2. The molecule has 168 valence electrons. The minimum absolute atomic E-state index is 0.576. The maximum Gasteiger partial charge on any atom is 0.0731 e. The molecule has 0 N–H and O–H groups in total. The molecule has 0 radical (unpaired) electrons. The molecule has 0 fully saturated rings. The van der Waals surface area contributed by atoms with Gasteiger partial charge in [0.2, 0.25) is 0 Å². The Morgan fingerprint density at radius 3 is 1.10 bits per heavy atom. The number of fused-ring (bicyclic) bond motifs is 2. The van der Waals surface area contributed by atoms with E-state index < -0.39 is 0 Å². The van der Waals surface area contributed by atoms with E-state index in [0.717, 1.165) is 6.42 Å². The van der Waals surface area contributed by atoms with Gasteiger partial charge < -0.3 is 23.7 Å². The minimum atomic E-state index is 0.576. The molecule has 3 heterocycles. The van der Waals surface area contributed by atoms with Gasteiger partial charge in [-0.2, -0.15) is 0 Å². The first-order valence-corrected chi connectivity index (χ1v) is 12.3. The maximum absolute atomic E-state index is 5.96. The van der Waals surface area contributed by atoms with Gasteiger partial charge in [0.05, 0.1) is 66.1 Å². The Hall–Kier alpha value is -0.800. The standard InChI is InChI=1S/C23H34O5S2/c1-16-20-13-21-17(2)30-19(4)23(21)15-28-12-10-26-8-6-24-5-7-25-9-11-27-14-22(20)18(3)29-16/h5-15H2,1-4H3. The van der Waals surface area contributed by atoms with Crippen LogP contribution in [0, 0.1) is 27.7 Å². The molecule has 0 saturated heterocycles. The summed E-state index contributed by atoms with van der Waals surface area (Å²) in [4.78, 5) is 5.45. The van der Waals surface area contributed by atoms with Gasteiger partial charge in [0.25, 0.3) is 0 Å². The largest absolute Gasteiger partial charge is 0.377 e. The van der Waals surface area contributed by atoms with E-state index in [-0.39, 0.29) is 0 Å². The molecule has 0 unspecified atom stereocenters. The third kappa shape index (κ3) is 6.60. The Morgan fingerprint density at radius 1 is 0.433 bits per heavy atom. The maximum atomic E-state index is 5.96. The molecule has 5 nitrogen and oxygen atoms in total. The van der Waals surface area contributed by atoms with Crippen molar-refractivity contribution in [2.24, 2.45) is 0 Å². The van der Waals surface area contributed by atoms with E-state index >= 15 is 0 Å². The first-order valence-electron chi connectivity index (χ1n) is 10.6. The van der Waals surface area contributed by atoms with E-state index in [0.29, 0.717) is 66.1 Å². The predicted molar refractivity (Wildman–Crippen MR) is 122 cm³/mol. The molecular formula is C23H34O5S2. The molecule has 3 rings (SSSR count). The quantitative estimate of drug-likeness (QED) is 0.576. The molecule has 7 heteroatoms. The van der Waals surface area contributed by atoms with E-state index in [4.69, 9.17) is 23.7 Å². The molecule has 0 aliphatic carbocycles. The molecule has 0 saturated carbocycles. The molecule has 0 spiro atoms. The zero-order chi connectivity index (χ0) is 21.3. The van der Waals surface area contributed by atoms with Crippen LogP contribution in [0.1, 0.15) is 41.8 Å². The summed E-state index contributed by atoms with van der Waals surface area (Å²) in [5, 5.41) is 0. The van der Waals surface area contributed by atoms with Gasteiger partial charge in [0, 0.05) is 25.9 Å². The summed E-state index contributed by atoms with van der Waals surface area (Å²) in [5.41, 5.74) is 5.48. The lowest BCUT2D eigenvalue weighted by Gasteiger charge is -2.12. The number of hydrogen-bond acceptors (Lipinski definition) is 7. The average molecular weight is 455 g/mol. The fourth-order valence-corrected chi connectivity index (χ4v) is 5.86. The highest BCUT2D eigenvalue weighted by atomic mass is 32.1. The zero-order valence-corrected chi connectivity index (χ0v) is 20.3. The molecule has 2 aromatic rings. The Balaban J connectivity index is 1.76. The van der Waals surface area contributed by atoms with Crippen molar-refractivity contribution in [2.75, 3.05) is 52.9 Å². The first-order chi connectivity index (χ1) is 14.6. The Labute approximate surface area is 188 Å². The summed E-state index contributed by atoms with van der Waals surface area (Å²) >= 11 is 3.74. The van der Waals surface area contributed by atoms with Gasteiger partial charge in [-0.25, -0.2) is 0 Å². The third-order valence-electron chi connectivity index (χ3n) is 5.38. The minimum Gasteiger partial charge on any atom is -0.377 e.